The first-order valence-electron chi connectivity index (χ1n) is 24.3. The highest BCUT2D eigenvalue weighted by molar-refractivity contribution is 7.21. The summed E-state index contributed by atoms with van der Waals surface area (Å²) in [5.41, 5.74) is 16.2. The standard InChI is InChI=1S/C67H48N2Si/c1-7-23-49(24-8-1)50-39-41-54(42-40-50)68(55-43-45-60-59-35-19-20-36-61(59)67(62(60)47-55,51-25-9-2-10-26-51)52-27-11-3-12-28-52)56-44-46-66-64(48-56)69(53-29-13-4-14-30-53)63-37-21-22-38-65(63)70(66,57-31-15-5-16-32-57)58-33-17-6-18-34-58/h1-48H. The Morgan fingerprint density at radius 3 is 1.41 bits per heavy atom. The van der Waals surface area contributed by atoms with Gasteiger partial charge in [-0.05, 0) is 120 Å². The predicted octanol–water partition coefficient (Wildman–Crippen LogP) is 14.3. The van der Waals surface area contributed by atoms with Gasteiger partial charge < -0.3 is 9.80 Å². The number of nitrogens with zero attached hydrogens (tertiary/aromatic N) is 2. The van der Waals surface area contributed by atoms with Crippen LogP contribution in [0.5, 0.6) is 0 Å². The van der Waals surface area contributed by atoms with Gasteiger partial charge in [0.15, 0.2) is 8.07 Å². The molecule has 1 aliphatic heterocycles. The smallest absolute Gasteiger partial charge is 0.184 e. The molecule has 2 nitrogen and oxygen atoms in total. The van der Waals surface area contributed by atoms with E-state index in [4.69, 9.17) is 0 Å². The van der Waals surface area contributed by atoms with Crippen LogP contribution in [0.1, 0.15) is 22.3 Å². The molecule has 0 spiro atoms. The van der Waals surface area contributed by atoms with Crippen molar-refractivity contribution in [2.75, 3.05) is 9.80 Å². The zero-order valence-corrected chi connectivity index (χ0v) is 39.6. The van der Waals surface area contributed by atoms with Crippen LogP contribution in [0.4, 0.5) is 34.1 Å². The van der Waals surface area contributed by atoms with Crippen molar-refractivity contribution in [3.8, 4) is 22.3 Å². The molecule has 0 amide bonds. The fourth-order valence-corrected chi connectivity index (χ4v) is 17.0. The van der Waals surface area contributed by atoms with Gasteiger partial charge in [-0.3, -0.25) is 0 Å². The Morgan fingerprint density at radius 1 is 0.314 bits per heavy atom. The molecule has 0 N–H and O–H groups in total. The van der Waals surface area contributed by atoms with Crippen LogP contribution in [0.15, 0.2) is 291 Å². The molecule has 2 aliphatic rings. The highest BCUT2D eigenvalue weighted by atomic mass is 28.3. The fourth-order valence-electron chi connectivity index (χ4n) is 11.9. The zero-order valence-electron chi connectivity index (χ0n) is 38.6. The lowest BCUT2D eigenvalue weighted by Gasteiger charge is -2.45. The van der Waals surface area contributed by atoms with Crippen molar-refractivity contribution in [3.05, 3.63) is 313 Å². The van der Waals surface area contributed by atoms with Crippen LogP contribution >= 0.6 is 0 Å². The molecular formula is C67H48N2Si. The molecule has 11 aromatic carbocycles. The second-order valence-corrected chi connectivity index (χ2v) is 22.1. The normalized spacial score (nSPS) is 13.6. The molecule has 0 atom stereocenters. The number of hydrogen-bond acceptors (Lipinski definition) is 2. The number of benzene rings is 11. The molecule has 0 aromatic heterocycles. The van der Waals surface area contributed by atoms with E-state index in [9.17, 15) is 0 Å². The molecule has 13 rings (SSSR count). The quantitative estimate of drug-likeness (QED) is 0.133. The van der Waals surface area contributed by atoms with Gasteiger partial charge in [0.2, 0.25) is 0 Å². The van der Waals surface area contributed by atoms with Crippen LogP contribution in [-0.4, -0.2) is 8.07 Å². The molecule has 11 aromatic rings. The average Bonchev–Trinajstić information content (AvgIpc) is 3.74. The van der Waals surface area contributed by atoms with Gasteiger partial charge in [0.25, 0.3) is 0 Å². The minimum atomic E-state index is -2.92. The topological polar surface area (TPSA) is 6.48 Å². The number of fused-ring (bicyclic) bond motifs is 5. The average molecular weight is 909 g/mol. The number of anilines is 6. The molecule has 0 fully saturated rings. The van der Waals surface area contributed by atoms with Crippen molar-refractivity contribution in [3.63, 3.8) is 0 Å². The lowest BCUT2D eigenvalue weighted by molar-refractivity contribution is 0.768. The van der Waals surface area contributed by atoms with Crippen LogP contribution in [0.2, 0.25) is 0 Å². The van der Waals surface area contributed by atoms with Crippen molar-refractivity contribution >= 4 is 62.9 Å². The van der Waals surface area contributed by atoms with E-state index in [1.165, 1.54) is 76.6 Å². The van der Waals surface area contributed by atoms with Gasteiger partial charge >= 0.3 is 0 Å². The third kappa shape index (κ3) is 6.40. The Bertz CT molecular complexity index is 3560. The van der Waals surface area contributed by atoms with E-state index in [0.717, 1.165) is 22.7 Å². The second-order valence-electron chi connectivity index (χ2n) is 18.4. The van der Waals surface area contributed by atoms with Gasteiger partial charge in [0, 0.05) is 34.1 Å². The van der Waals surface area contributed by atoms with Gasteiger partial charge in [0.05, 0.1) is 5.41 Å². The summed E-state index contributed by atoms with van der Waals surface area (Å²) in [7, 11) is -2.92. The maximum Gasteiger partial charge on any atom is 0.184 e. The van der Waals surface area contributed by atoms with Gasteiger partial charge in [-0.1, -0.05) is 237 Å². The molecule has 3 heteroatoms. The van der Waals surface area contributed by atoms with Crippen LogP contribution in [0.25, 0.3) is 22.3 Å². The van der Waals surface area contributed by atoms with Crippen LogP contribution in [-0.2, 0) is 5.41 Å². The minimum Gasteiger partial charge on any atom is -0.311 e. The molecule has 70 heavy (non-hydrogen) atoms. The number of rotatable bonds is 9. The van der Waals surface area contributed by atoms with E-state index in [1.54, 1.807) is 0 Å². The minimum absolute atomic E-state index is 0.548. The Labute approximate surface area is 411 Å². The van der Waals surface area contributed by atoms with Crippen molar-refractivity contribution in [2.45, 2.75) is 5.41 Å². The predicted molar refractivity (Wildman–Crippen MR) is 296 cm³/mol. The summed E-state index contributed by atoms with van der Waals surface area (Å²) < 4.78 is 0. The summed E-state index contributed by atoms with van der Waals surface area (Å²) in [5, 5.41) is 5.45. The van der Waals surface area contributed by atoms with E-state index in [2.05, 4.69) is 301 Å². The van der Waals surface area contributed by atoms with Crippen LogP contribution in [0.3, 0.4) is 0 Å². The zero-order chi connectivity index (χ0) is 46.5. The first-order valence-corrected chi connectivity index (χ1v) is 26.3. The highest BCUT2D eigenvalue weighted by Gasteiger charge is 2.50. The van der Waals surface area contributed by atoms with Crippen molar-refractivity contribution in [1.82, 2.24) is 0 Å². The molecule has 0 radical (unpaired) electrons. The summed E-state index contributed by atoms with van der Waals surface area (Å²) in [4.78, 5) is 4.99. The van der Waals surface area contributed by atoms with Gasteiger partial charge in [-0.25, -0.2) is 0 Å². The maximum absolute atomic E-state index is 2.92. The molecule has 1 heterocycles. The third-order valence-electron chi connectivity index (χ3n) is 14.8. The van der Waals surface area contributed by atoms with Crippen LogP contribution in [0, 0.1) is 0 Å². The van der Waals surface area contributed by atoms with E-state index in [-0.39, 0.29) is 0 Å². The SMILES string of the molecule is c1ccc(-c2ccc(N(c3ccc4c(c3)N(c3ccccc3)c3ccccc3[Si]4(c3ccccc3)c3ccccc3)c3ccc4c(c3)C(c3ccccc3)(c3ccccc3)c3ccccc3-4)cc2)cc1. The number of hydrogen-bond donors (Lipinski definition) is 0. The lowest BCUT2D eigenvalue weighted by Crippen LogP contribution is -2.77. The monoisotopic (exact) mass is 908 g/mol. The largest absolute Gasteiger partial charge is 0.311 e. The molecule has 1 aliphatic carbocycles. The maximum atomic E-state index is 2.51. The molecule has 0 unspecified atom stereocenters. The van der Waals surface area contributed by atoms with Gasteiger partial charge in [0.1, 0.15) is 0 Å². The van der Waals surface area contributed by atoms with Crippen molar-refractivity contribution in [2.24, 2.45) is 0 Å². The summed E-state index contributed by atoms with van der Waals surface area (Å²) in [5.74, 6) is 0. The molecular weight excluding hydrogens is 861 g/mol. The van der Waals surface area contributed by atoms with E-state index >= 15 is 0 Å². The Hall–Kier alpha value is -8.76. The fraction of sp³-hybridized carbons (Fsp3) is 0.0149. The van der Waals surface area contributed by atoms with E-state index in [1.807, 2.05) is 0 Å². The van der Waals surface area contributed by atoms with E-state index < -0.39 is 13.5 Å². The summed E-state index contributed by atoms with van der Waals surface area (Å²) in [6, 6.07) is 108. The Balaban J connectivity index is 1.10. The first-order chi connectivity index (χ1) is 34.7. The summed E-state index contributed by atoms with van der Waals surface area (Å²) >= 11 is 0. The molecule has 0 bridgehead atoms. The first kappa shape index (κ1) is 41.4. The Morgan fingerprint density at radius 2 is 0.771 bits per heavy atom. The lowest BCUT2D eigenvalue weighted by atomic mass is 9.67. The Kier molecular flexibility index (Phi) is 10.1. The van der Waals surface area contributed by atoms with Crippen molar-refractivity contribution in [1.29, 1.82) is 0 Å². The van der Waals surface area contributed by atoms with Gasteiger partial charge in [-0.15, -0.1) is 0 Å². The van der Waals surface area contributed by atoms with E-state index in [0.29, 0.717) is 0 Å². The highest BCUT2D eigenvalue weighted by Crippen LogP contribution is 2.57. The third-order valence-corrected chi connectivity index (χ3v) is 19.7. The second kappa shape index (κ2) is 17.1. The number of para-hydroxylation sites is 2. The summed E-state index contributed by atoms with van der Waals surface area (Å²) in [6.45, 7) is 0. The summed E-state index contributed by atoms with van der Waals surface area (Å²) in [6.07, 6.45) is 0. The van der Waals surface area contributed by atoms with Crippen LogP contribution < -0.4 is 30.5 Å². The molecule has 0 saturated heterocycles. The van der Waals surface area contributed by atoms with Crippen molar-refractivity contribution < 1.29 is 0 Å². The van der Waals surface area contributed by atoms with Gasteiger partial charge in [-0.2, -0.15) is 0 Å². The molecule has 0 saturated carbocycles. The molecule has 330 valence electrons.